The van der Waals surface area contributed by atoms with E-state index in [2.05, 4.69) is 15.6 Å². The van der Waals surface area contributed by atoms with E-state index in [1.54, 1.807) is 11.9 Å². The summed E-state index contributed by atoms with van der Waals surface area (Å²) >= 11 is 0. The molecule has 9 nitrogen and oxygen atoms in total. The molecule has 0 bridgehead atoms. The van der Waals surface area contributed by atoms with Crippen molar-refractivity contribution in [1.82, 2.24) is 25.4 Å². The third-order valence-electron chi connectivity index (χ3n) is 6.55. The molecule has 4 rings (SSSR count). The number of carbonyl (C=O) groups excluding carboxylic acids is 2. The summed E-state index contributed by atoms with van der Waals surface area (Å²) in [6, 6.07) is -0.470. The van der Waals surface area contributed by atoms with Crippen molar-refractivity contribution in [2.75, 3.05) is 26.7 Å². The molecule has 4 fully saturated rings. The summed E-state index contributed by atoms with van der Waals surface area (Å²) in [5.74, 6) is -0.493. The standard InChI is InChI=1S/C17H29N5O4S/c1-17(5-6-17)20-27(25,26)12-3-4-14-13(7-12)15(23)22(16(24)21(14)2)10-11-8-18-19-9-11/h11-14,18-20H,3-10H2,1-2H3. The van der Waals surface area contributed by atoms with E-state index in [1.807, 2.05) is 6.92 Å². The Balaban J connectivity index is 1.50. The third-order valence-corrected chi connectivity index (χ3v) is 8.64. The van der Waals surface area contributed by atoms with Crippen LogP contribution in [0.1, 0.15) is 39.0 Å². The van der Waals surface area contributed by atoms with E-state index in [-0.39, 0.29) is 35.9 Å². The van der Waals surface area contributed by atoms with Crippen LogP contribution in [0.3, 0.4) is 0 Å². The molecular formula is C17H29N5O4S. The maximum absolute atomic E-state index is 13.1. The number of nitrogens with one attached hydrogen (secondary N) is 3. The summed E-state index contributed by atoms with van der Waals surface area (Å²) in [7, 11) is -1.74. The van der Waals surface area contributed by atoms with E-state index in [0.29, 0.717) is 32.5 Å². The number of imide groups is 1. The fourth-order valence-corrected chi connectivity index (χ4v) is 6.50. The Morgan fingerprint density at radius 3 is 2.48 bits per heavy atom. The minimum atomic E-state index is -3.47. The predicted octanol–water partition coefficient (Wildman–Crippen LogP) is -0.386. The highest BCUT2D eigenvalue weighted by molar-refractivity contribution is 7.90. The molecule has 0 aromatic heterocycles. The van der Waals surface area contributed by atoms with Crippen LogP contribution in [-0.4, -0.2) is 73.7 Å². The van der Waals surface area contributed by atoms with E-state index in [4.69, 9.17) is 0 Å². The van der Waals surface area contributed by atoms with Gasteiger partial charge in [-0.05, 0) is 39.0 Å². The van der Waals surface area contributed by atoms with Gasteiger partial charge in [0.05, 0.1) is 11.2 Å². The molecule has 3 amide bonds. The Morgan fingerprint density at radius 2 is 1.85 bits per heavy atom. The number of amides is 3. The van der Waals surface area contributed by atoms with E-state index < -0.39 is 21.2 Å². The molecule has 27 heavy (non-hydrogen) atoms. The minimum Gasteiger partial charge on any atom is -0.324 e. The zero-order chi connectivity index (χ0) is 19.4. The molecule has 4 aliphatic rings. The number of rotatable bonds is 5. The maximum Gasteiger partial charge on any atom is 0.326 e. The lowest BCUT2D eigenvalue weighted by molar-refractivity contribution is -0.140. The van der Waals surface area contributed by atoms with Gasteiger partial charge in [0.1, 0.15) is 0 Å². The molecule has 0 aromatic carbocycles. The normalized spacial score (nSPS) is 34.1. The van der Waals surface area contributed by atoms with Crippen LogP contribution in [0.25, 0.3) is 0 Å². The third kappa shape index (κ3) is 3.59. The number of urea groups is 1. The first-order valence-corrected chi connectivity index (χ1v) is 11.3. The van der Waals surface area contributed by atoms with Crippen molar-refractivity contribution in [3.05, 3.63) is 0 Å². The molecular weight excluding hydrogens is 370 g/mol. The molecule has 3 N–H and O–H groups in total. The SMILES string of the molecule is CN1C(=O)N(CC2CNNC2)C(=O)C2CC(S(=O)(=O)NC3(C)CC3)CCC21. The number of sulfonamides is 1. The Kier molecular flexibility index (Phi) is 4.73. The molecule has 3 unspecified atom stereocenters. The lowest BCUT2D eigenvalue weighted by Crippen LogP contribution is -2.63. The molecule has 0 aromatic rings. The van der Waals surface area contributed by atoms with Gasteiger partial charge in [0.2, 0.25) is 15.9 Å². The van der Waals surface area contributed by atoms with Gasteiger partial charge in [0.15, 0.2) is 0 Å². The molecule has 10 heteroatoms. The summed E-state index contributed by atoms with van der Waals surface area (Å²) in [4.78, 5) is 28.8. The number of hydrogen-bond acceptors (Lipinski definition) is 6. The summed E-state index contributed by atoms with van der Waals surface area (Å²) in [6.45, 7) is 3.68. The molecule has 2 heterocycles. The number of fused-ring (bicyclic) bond motifs is 1. The van der Waals surface area contributed by atoms with Crippen LogP contribution in [0.5, 0.6) is 0 Å². The highest BCUT2D eigenvalue weighted by Crippen LogP contribution is 2.39. The second-order valence-corrected chi connectivity index (χ2v) is 10.7. The van der Waals surface area contributed by atoms with Gasteiger partial charge in [-0.1, -0.05) is 0 Å². The summed E-state index contributed by atoms with van der Waals surface area (Å²) in [5.41, 5.74) is 5.71. The quantitative estimate of drug-likeness (QED) is 0.581. The van der Waals surface area contributed by atoms with E-state index >= 15 is 0 Å². The largest absolute Gasteiger partial charge is 0.326 e. The lowest BCUT2D eigenvalue weighted by Gasteiger charge is -2.47. The van der Waals surface area contributed by atoms with Gasteiger partial charge in [-0.3, -0.25) is 20.5 Å². The fourth-order valence-electron chi connectivity index (χ4n) is 4.53. The fraction of sp³-hybridized carbons (Fsp3) is 0.882. The average Bonchev–Trinajstić information content (AvgIpc) is 3.12. The van der Waals surface area contributed by atoms with Gasteiger partial charge < -0.3 is 4.90 Å². The van der Waals surface area contributed by atoms with Gasteiger partial charge in [0.25, 0.3) is 0 Å². The molecule has 0 spiro atoms. The first-order chi connectivity index (χ1) is 12.7. The Labute approximate surface area is 160 Å². The molecule has 2 aliphatic heterocycles. The smallest absolute Gasteiger partial charge is 0.324 e. The van der Waals surface area contributed by atoms with Crippen molar-refractivity contribution in [3.63, 3.8) is 0 Å². The number of carbonyl (C=O) groups is 2. The molecule has 0 radical (unpaired) electrons. The average molecular weight is 400 g/mol. The van der Waals surface area contributed by atoms with Crippen LogP contribution in [-0.2, 0) is 14.8 Å². The zero-order valence-electron chi connectivity index (χ0n) is 15.9. The van der Waals surface area contributed by atoms with E-state index in [0.717, 1.165) is 12.8 Å². The second kappa shape index (κ2) is 6.68. The predicted molar refractivity (Wildman–Crippen MR) is 99.0 cm³/mol. The van der Waals surface area contributed by atoms with Crippen molar-refractivity contribution in [1.29, 1.82) is 0 Å². The molecule has 3 atom stereocenters. The van der Waals surface area contributed by atoms with E-state index in [9.17, 15) is 18.0 Å². The number of nitrogens with zero attached hydrogens (tertiary/aromatic N) is 2. The maximum atomic E-state index is 13.1. The van der Waals surface area contributed by atoms with Crippen LogP contribution in [0.15, 0.2) is 0 Å². The topological polar surface area (TPSA) is 111 Å². The first kappa shape index (κ1) is 19.1. The van der Waals surface area contributed by atoms with Crippen LogP contribution in [0, 0.1) is 11.8 Å². The summed E-state index contributed by atoms with van der Waals surface area (Å²) < 4.78 is 28.4. The van der Waals surface area contributed by atoms with Gasteiger partial charge >= 0.3 is 6.03 Å². The van der Waals surface area contributed by atoms with Crippen molar-refractivity contribution in [2.45, 2.75) is 55.9 Å². The number of hydrazine groups is 1. The highest BCUT2D eigenvalue weighted by Gasteiger charge is 2.51. The van der Waals surface area contributed by atoms with Crippen LogP contribution in [0.2, 0.25) is 0 Å². The summed E-state index contributed by atoms with van der Waals surface area (Å²) in [5, 5.41) is -0.571. The lowest BCUT2D eigenvalue weighted by atomic mass is 9.81. The van der Waals surface area contributed by atoms with E-state index in [1.165, 1.54) is 4.90 Å². The van der Waals surface area contributed by atoms with Gasteiger partial charge in [-0.2, -0.15) is 0 Å². The highest BCUT2D eigenvalue weighted by atomic mass is 32.2. The zero-order valence-corrected chi connectivity index (χ0v) is 16.7. The van der Waals surface area contributed by atoms with Gasteiger partial charge in [0, 0.05) is 44.2 Å². The number of hydrogen-bond donors (Lipinski definition) is 3. The molecule has 2 saturated heterocycles. The molecule has 2 aliphatic carbocycles. The Bertz CT molecular complexity index is 732. The summed E-state index contributed by atoms with van der Waals surface area (Å²) in [6.07, 6.45) is 3.02. The molecule has 2 saturated carbocycles. The molecule has 152 valence electrons. The Hall–Kier alpha value is -1.23. The van der Waals surface area contributed by atoms with Crippen molar-refractivity contribution in [3.8, 4) is 0 Å². The first-order valence-electron chi connectivity index (χ1n) is 9.77. The van der Waals surface area contributed by atoms with Crippen molar-refractivity contribution < 1.29 is 18.0 Å². The van der Waals surface area contributed by atoms with Crippen molar-refractivity contribution >= 4 is 22.0 Å². The monoisotopic (exact) mass is 399 g/mol. The van der Waals surface area contributed by atoms with Crippen molar-refractivity contribution in [2.24, 2.45) is 11.8 Å². The van der Waals surface area contributed by atoms with Crippen LogP contribution < -0.4 is 15.6 Å². The van der Waals surface area contributed by atoms with Crippen LogP contribution in [0.4, 0.5) is 4.79 Å². The van der Waals surface area contributed by atoms with Gasteiger partial charge in [-0.25, -0.2) is 17.9 Å². The minimum absolute atomic E-state index is 0.169. The van der Waals surface area contributed by atoms with Gasteiger partial charge in [-0.15, -0.1) is 0 Å². The van der Waals surface area contributed by atoms with Crippen LogP contribution >= 0.6 is 0 Å². The second-order valence-electron chi connectivity index (χ2n) is 8.79. The Morgan fingerprint density at radius 1 is 1.19 bits per heavy atom.